The Bertz CT molecular complexity index is 1470. The number of hydrogen-bond donors (Lipinski definition) is 0. The van der Waals surface area contributed by atoms with E-state index < -0.39 is 0 Å². The van der Waals surface area contributed by atoms with Crippen LogP contribution in [0, 0.1) is 0 Å². The molecule has 4 aromatic heterocycles. The van der Waals surface area contributed by atoms with Crippen molar-refractivity contribution in [3.63, 3.8) is 0 Å². The molecule has 8 heteroatoms. The molecule has 0 radical (unpaired) electrons. The van der Waals surface area contributed by atoms with E-state index in [1.807, 2.05) is 41.8 Å². The van der Waals surface area contributed by atoms with Gasteiger partial charge in [0.15, 0.2) is 5.16 Å². The Morgan fingerprint density at radius 1 is 0.967 bits per heavy atom. The molecule has 0 unspecified atom stereocenters. The fourth-order valence-corrected chi connectivity index (χ4v) is 4.85. The van der Waals surface area contributed by atoms with Crippen LogP contribution in [-0.4, -0.2) is 18.9 Å². The molecule has 0 saturated heterocycles. The number of rotatable bonds is 5. The molecule has 0 N–H and O–H groups in total. The minimum atomic E-state index is -0.126. The van der Waals surface area contributed by atoms with Gasteiger partial charge >= 0.3 is 0 Å². The molecule has 5 rings (SSSR count). The van der Waals surface area contributed by atoms with Crippen molar-refractivity contribution in [2.75, 3.05) is 0 Å². The van der Waals surface area contributed by atoms with Crippen LogP contribution in [0.2, 0.25) is 0 Å². The number of fused-ring (bicyclic) bond motifs is 2. The van der Waals surface area contributed by atoms with E-state index in [0.29, 0.717) is 39.7 Å². The fourth-order valence-electron chi connectivity index (χ4n) is 3.27. The Hall–Kier alpha value is -3.23. The molecule has 0 aliphatic heterocycles. The third-order valence-corrected chi connectivity index (χ3v) is 6.56. The van der Waals surface area contributed by atoms with E-state index in [4.69, 9.17) is 4.98 Å². The van der Waals surface area contributed by atoms with Crippen LogP contribution in [0.3, 0.4) is 0 Å². The lowest BCUT2D eigenvalue weighted by atomic mass is 10.2. The molecule has 30 heavy (non-hydrogen) atoms. The Morgan fingerprint density at radius 2 is 1.83 bits per heavy atom. The van der Waals surface area contributed by atoms with Gasteiger partial charge in [-0.05, 0) is 35.7 Å². The second-order valence-electron chi connectivity index (χ2n) is 6.69. The van der Waals surface area contributed by atoms with E-state index in [9.17, 15) is 9.59 Å². The van der Waals surface area contributed by atoms with Crippen LogP contribution in [0.4, 0.5) is 0 Å². The lowest BCUT2D eigenvalue weighted by molar-refractivity contribution is 0.664. The van der Waals surface area contributed by atoms with Crippen molar-refractivity contribution >= 4 is 39.6 Å². The van der Waals surface area contributed by atoms with Gasteiger partial charge in [0.25, 0.3) is 11.1 Å². The highest BCUT2D eigenvalue weighted by atomic mass is 32.2. The van der Waals surface area contributed by atoms with E-state index >= 15 is 0 Å². The molecule has 0 spiro atoms. The fraction of sp³-hybridized carbons (Fsp3) is 0.0909. The maximum Gasteiger partial charge on any atom is 0.262 e. The minimum absolute atomic E-state index is 0.0666. The molecular weight excluding hydrogens is 416 g/mol. The molecule has 4 heterocycles. The zero-order valence-corrected chi connectivity index (χ0v) is 17.4. The zero-order valence-electron chi connectivity index (χ0n) is 15.8. The average Bonchev–Trinajstić information content (AvgIpc) is 3.28. The third kappa shape index (κ3) is 3.55. The quantitative estimate of drug-likeness (QED) is 0.312. The first-order valence-corrected chi connectivity index (χ1v) is 11.2. The summed E-state index contributed by atoms with van der Waals surface area (Å²) >= 11 is 3.02. The highest BCUT2D eigenvalue weighted by Gasteiger charge is 2.13. The van der Waals surface area contributed by atoms with Gasteiger partial charge in [-0.2, -0.15) is 0 Å². The van der Waals surface area contributed by atoms with E-state index in [2.05, 4.69) is 4.98 Å². The van der Waals surface area contributed by atoms with Gasteiger partial charge in [0.1, 0.15) is 5.65 Å². The van der Waals surface area contributed by atoms with E-state index in [-0.39, 0.29) is 11.1 Å². The van der Waals surface area contributed by atoms with Gasteiger partial charge < -0.3 is 0 Å². The van der Waals surface area contributed by atoms with Crippen LogP contribution >= 0.6 is 23.1 Å². The third-order valence-electron chi connectivity index (χ3n) is 4.69. The summed E-state index contributed by atoms with van der Waals surface area (Å²) in [5.41, 5.74) is 1.73. The number of benzene rings is 1. The van der Waals surface area contributed by atoms with Crippen molar-refractivity contribution in [1.82, 2.24) is 18.9 Å². The predicted molar refractivity (Wildman–Crippen MR) is 120 cm³/mol. The Labute approximate surface area is 179 Å². The molecule has 0 fully saturated rings. The molecule has 148 valence electrons. The summed E-state index contributed by atoms with van der Waals surface area (Å²) in [6, 6.07) is 18.3. The molecule has 0 bridgehead atoms. The Balaban J connectivity index is 1.55. The molecule has 0 amide bonds. The van der Waals surface area contributed by atoms with Crippen molar-refractivity contribution in [3.05, 3.63) is 104 Å². The summed E-state index contributed by atoms with van der Waals surface area (Å²) in [5, 5.41) is 3.20. The number of thioether (sulfide) groups is 1. The van der Waals surface area contributed by atoms with Gasteiger partial charge in [-0.1, -0.05) is 36.0 Å². The first kappa shape index (κ1) is 18.8. The standard InChI is InChI=1S/C22H16N4O2S2/c27-20-12-15(23-19-9-3-4-10-25(19)20)14-30-22-24-18-8-2-1-7-17(18)21(28)26(22)13-16-6-5-11-29-16/h1-12H,13-14H2. The summed E-state index contributed by atoms with van der Waals surface area (Å²) in [7, 11) is 0. The monoisotopic (exact) mass is 432 g/mol. The van der Waals surface area contributed by atoms with Gasteiger partial charge in [-0.25, -0.2) is 9.97 Å². The molecule has 0 atom stereocenters. The lowest BCUT2D eigenvalue weighted by Crippen LogP contribution is -2.23. The highest BCUT2D eigenvalue weighted by Crippen LogP contribution is 2.23. The summed E-state index contributed by atoms with van der Waals surface area (Å²) in [6.45, 7) is 0.463. The van der Waals surface area contributed by atoms with E-state index in [1.54, 1.807) is 40.3 Å². The number of para-hydroxylation sites is 1. The van der Waals surface area contributed by atoms with Gasteiger partial charge in [0.05, 0.1) is 23.1 Å². The lowest BCUT2D eigenvalue weighted by Gasteiger charge is -2.12. The summed E-state index contributed by atoms with van der Waals surface area (Å²) in [6.07, 6.45) is 1.70. The van der Waals surface area contributed by atoms with Crippen LogP contribution in [0.25, 0.3) is 16.6 Å². The van der Waals surface area contributed by atoms with Crippen molar-refractivity contribution in [2.45, 2.75) is 17.5 Å². The second-order valence-corrected chi connectivity index (χ2v) is 8.66. The number of hydrogen-bond acceptors (Lipinski definition) is 6. The maximum atomic E-state index is 13.2. The highest BCUT2D eigenvalue weighted by molar-refractivity contribution is 7.98. The number of aromatic nitrogens is 4. The second kappa shape index (κ2) is 7.89. The van der Waals surface area contributed by atoms with Gasteiger partial charge in [-0.3, -0.25) is 18.6 Å². The number of nitrogens with zero attached hydrogens (tertiary/aromatic N) is 4. The first-order chi connectivity index (χ1) is 14.7. The van der Waals surface area contributed by atoms with Crippen LogP contribution in [-0.2, 0) is 12.3 Å². The van der Waals surface area contributed by atoms with Crippen LogP contribution in [0.1, 0.15) is 10.6 Å². The van der Waals surface area contributed by atoms with Crippen molar-refractivity contribution in [3.8, 4) is 0 Å². The van der Waals surface area contributed by atoms with Crippen LogP contribution in [0.15, 0.2) is 87.0 Å². The van der Waals surface area contributed by atoms with Crippen LogP contribution < -0.4 is 11.1 Å². The van der Waals surface area contributed by atoms with Crippen LogP contribution in [0.5, 0.6) is 0 Å². The molecule has 5 aromatic rings. The van der Waals surface area contributed by atoms with Crippen molar-refractivity contribution in [2.24, 2.45) is 0 Å². The van der Waals surface area contributed by atoms with Gasteiger partial charge in [0.2, 0.25) is 0 Å². The topological polar surface area (TPSA) is 69.3 Å². The molecular formula is C22H16N4O2S2. The minimum Gasteiger partial charge on any atom is -0.282 e. The average molecular weight is 433 g/mol. The first-order valence-electron chi connectivity index (χ1n) is 9.31. The molecule has 6 nitrogen and oxygen atoms in total. The van der Waals surface area contributed by atoms with E-state index in [1.165, 1.54) is 22.2 Å². The zero-order chi connectivity index (χ0) is 20.5. The predicted octanol–water partition coefficient (Wildman–Crippen LogP) is 3.81. The number of pyridine rings is 1. The normalized spacial score (nSPS) is 11.3. The molecule has 0 saturated carbocycles. The smallest absolute Gasteiger partial charge is 0.262 e. The Kier molecular flexibility index (Phi) is 4.94. The largest absolute Gasteiger partial charge is 0.282 e. The number of thiophene rings is 1. The van der Waals surface area contributed by atoms with Crippen molar-refractivity contribution in [1.29, 1.82) is 0 Å². The van der Waals surface area contributed by atoms with E-state index in [0.717, 1.165) is 4.88 Å². The SMILES string of the molecule is O=c1c2ccccc2nc(SCc2cc(=O)n3ccccc3n2)n1Cc1cccs1. The van der Waals surface area contributed by atoms with Gasteiger partial charge in [-0.15, -0.1) is 11.3 Å². The summed E-state index contributed by atoms with van der Waals surface area (Å²) in [4.78, 5) is 35.9. The molecule has 0 aliphatic carbocycles. The van der Waals surface area contributed by atoms with Crippen molar-refractivity contribution < 1.29 is 0 Å². The molecule has 1 aromatic carbocycles. The summed E-state index contributed by atoms with van der Waals surface area (Å²) < 4.78 is 3.21. The summed E-state index contributed by atoms with van der Waals surface area (Å²) in [5.74, 6) is 0.440. The van der Waals surface area contributed by atoms with Gasteiger partial charge in [0, 0.05) is 22.9 Å². The maximum absolute atomic E-state index is 13.2. The molecule has 0 aliphatic rings. The Morgan fingerprint density at radius 3 is 2.70 bits per heavy atom.